The number of carbonyl (C=O) groups excluding carboxylic acids is 2. The monoisotopic (exact) mass is 516 g/mol. The first-order chi connectivity index (χ1) is 15.1. The van der Waals surface area contributed by atoms with Crippen LogP contribution in [0.2, 0.25) is 0 Å². The van der Waals surface area contributed by atoms with Gasteiger partial charge in [-0.25, -0.2) is 12.1 Å². The second kappa shape index (κ2) is 14.9. The molecule has 176 valence electrons. The van der Waals surface area contributed by atoms with Crippen LogP contribution in [0.3, 0.4) is 0 Å². The summed E-state index contributed by atoms with van der Waals surface area (Å²) in [6, 6.07) is 40.7. The quantitative estimate of drug-likeness (QED) is 0.146. The molecular weight excluding hydrogens is 492 g/mol. The third-order valence-electron chi connectivity index (χ3n) is 4.69. The van der Waals surface area contributed by atoms with Crippen molar-refractivity contribution in [1.29, 1.82) is 0 Å². The Balaban J connectivity index is 0.000000247. The van der Waals surface area contributed by atoms with Gasteiger partial charge in [-0.1, -0.05) is 47.0 Å². The van der Waals surface area contributed by atoms with Gasteiger partial charge in [-0.05, 0) is 6.92 Å². The fourth-order valence-corrected chi connectivity index (χ4v) is 3.02. The molecule has 0 atom stereocenters. The van der Waals surface area contributed by atoms with E-state index in [4.69, 9.17) is 0 Å². The molecule has 4 heteroatoms. The van der Waals surface area contributed by atoms with Crippen LogP contribution < -0.4 is 0 Å². The molecule has 5 rings (SSSR count). The van der Waals surface area contributed by atoms with Gasteiger partial charge in [0.25, 0.3) is 0 Å². The molecule has 5 aromatic rings. The first-order valence-corrected chi connectivity index (χ1v) is 10.1. The van der Waals surface area contributed by atoms with Crippen LogP contribution >= 0.6 is 0 Å². The molecular formula is C29H24Fe2O2-8. The maximum Gasteiger partial charge on any atom is 0.112 e. The fourth-order valence-electron chi connectivity index (χ4n) is 3.02. The van der Waals surface area contributed by atoms with Gasteiger partial charge in [-0.2, -0.15) is 24.3 Å². The molecule has 0 aliphatic heterocycles. The zero-order valence-electron chi connectivity index (χ0n) is 18.1. The Kier molecular flexibility index (Phi) is 12.7. The molecule has 0 heterocycles. The van der Waals surface area contributed by atoms with Crippen molar-refractivity contribution in [1.82, 2.24) is 0 Å². The Morgan fingerprint density at radius 3 is 1.55 bits per heavy atom. The standard InChI is InChI=1S/C12H9O.C10H8.C7H7O.2Fe/c13-12(11-8-4-5-9-11)10-6-2-1-3-7-10;1-2-6-9(5-1)10-7-3-4-8-10;1-6(8)7-4-2-3-5-7;;/h1-9H;1-8H;2-5H,1H3;;/q-1;-6;-1;;. The number of Topliss-reactive ketones (excluding diaryl/α,β-unsaturated/α-hetero) is 1. The van der Waals surface area contributed by atoms with E-state index in [1.807, 2.05) is 78.9 Å². The molecule has 0 N–H and O–H groups in total. The number of hydrogen-bond donors (Lipinski definition) is 0. The summed E-state index contributed by atoms with van der Waals surface area (Å²) in [5, 5.41) is 0. The minimum absolute atomic E-state index is 0. The number of rotatable bonds is 4. The van der Waals surface area contributed by atoms with Crippen molar-refractivity contribution in [2.75, 3.05) is 0 Å². The summed E-state index contributed by atoms with van der Waals surface area (Å²) in [6.07, 6.45) is 0. The van der Waals surface area contributed by atoms with Crippen LogP contribution in [0.4, 0.5) is 0 Å². The number of hydrogen-bond acceptors (Lipinski definition) is 2. The molecule has 0 radical (unpaired) electrons. The van der Waals surface area contributed by atoms with Crippen LogP contribution in [0.5, 0.6) is 0 Å². The summed E-state index contributed by atoms with van der Waals surface area (Å²) in [5.74, 6) is 0.223. The van der Waals surface area contributed by atoms with Crippen molar-refractivity contribution >= 4 is 11.6 Å². The molecule has 0 aromatic heterocycles. The van der Waals surface area contributed by atoms with Gasteiger partial charge in [0.1, 0.15) is 11.6 Å². The van der Waals surface area contributed by atoms with E-state index in [2.05, 4.69) is 48.5 Å². The van der Waals surface area contributed by atoms with Gasteiger partial charge in [0.05, 0.1) is 0 Å². The molecule has 33 heavy (non-hydrogen) atoms. The normalized spacial score (nSPS) is 9.12. The van der Waals surface area contributed by atoms with Crippen molar-refractivity contribution in [2.45, 2.75) is 6.92 Å². The molecule has 0 bridgehead atoms. The Hall–Kier alpha value is -3.00. The van der Waals surface area contributed by atoms with Crippen LogP contribution in [0, 0.1) is 0 Å². The molecule has 0 fully saturated rings. The van der Waals surface area contributed by atoms with Gasteiger partial charge in [-0.15, -0.1) is 12.1 Å². The smallest absolute Gasteiger partial charge is 0.112 e. The summed E-state index contributed by atoms with van der Waals surface area (Å²) < 4.78 is 0. The largest absolute Gasteiger partial charge is 0.565 e. The Morgan fingerprint density at radius 2 is 1.09 bits per heavy atom. The topological polar surface area (TPSA) is 34.1 Å². The SMILES string of the molecule is CC(=O)[c-]1cccc1.O=C(c1ccccc1)[c-]1cccc1.[Fe].[Fe].c1cc[c-](-[c-]2[cH-][cH-][cH-][cH-]2)c1. The van der Waals surface area contributed by atoms with Crippen molar-refractivity contribution in [2.24, 2.45) is 0 Å². The number of carbonyl (C=O) groups is 2. The third kappa shape index (κ3) is 8.80. The van der Waals surface area contributed by atoms with Crippen LogP contribution in [0.25, 0.3) is 11.1 Å². The summed E-state index contributed by atoms with van der Waals surface area (Å²) in [5.41, 5.74) is 4.92. The molecule has 2 nitrogen and oxygen atoms in total. The summed E-state index contributed by atoms with van der Waals surface area (Å²) >= 11 is 0. The average Bonchev–Trinajstić information content (AvgIpc) is 3.63. The zero-order chi connectivity index (χ0) is 21.9. The molecule has 5 aromatic carbocycles. The van der Waals surface area contributed by atoms with Crippen molar-refractivity contribution in [3.63, 3.8) is 0 Å². The van der Waals surface area contributed by atoms with E-state index >= 15 is 0 Å². The Labute approximate surface area is 216 Å². The van der Waals surface area contributed by atoms with E-state index in [1.165, 1.54) is 11.1 Å². The van der Waals surface area contributed by atoms with Gasteiger partial charge in [0, 0.05) is 34.1 Å². The molecule has 0 spiro atoms. The minimum atomic E-state index is 0. The van der Waals surface area contributed by atoms with E-state index < -0.39 is 0 Å². The van der Waals surface area contributed by atoms with E-state index in [0.717, 1.165) is 16.7 Å². The molecule has 0 saturated carbocycles. The zero-order valence-corrected chi connectivity index (χ0v) is 20.4. The van der Waals surface area contributed by atoms with E-state index in [9.17, 15) is 9.59 Å². The van der Waals surface area contributed by atoms with E-state index in [1.54, 1.807) is 6.92 Å². The van der Waals surface area contributed by atoms with Crippen molar-refractivity contribution in [3.8, 4) is 11.1 Å². The summed E-state index contributed by atoms with van der Waals surface area (Å²) in [7, 11) is 0. The molecule has 0 aliphatic rings. The minimum Gasteiger partial charge on any atom is -0.565 e. The van der Waals surface area contributed by atoms with Gasteiger partial charge >= 0.3 is 0 Å². The van der Waals surface area contributed by atoms with Crippen LogP contribution in [-0.4, -0.2) is 11.6 Å². The first kappa shape index (κ1) is 28.0. The maximum atomic E-state index is 11.7. The Morgan fingerprint density at radius 1 is 0.636 bits per heavy atom. The molecule has 0 aliphatic carbocycles. The van der Waals surface area contributed by atoms with Gasteiger partial charge in [-0.3, -0.25) is 0 Å². The van der Waals surface area contributed by atoms with Crippen LogP contribution in [0.1, 0.15) is 33.2 Å². The van der Waals surface area contributed by atoms with Gasteiger partial charge < -0.3 is 69.2 Å². The number of ketones is 2. The molecule has 0 amide bonds. The predicted octanol–water partition coefficient (Wildman–Crippen LogP) is 7.03. The third-order valence-corrected chi connectivity index (χ3v) is 4.69. The van der Waals surface area contributed by atoms with E-state index in [0.29, 0.717) is 0 Å². The van der Waals surface area contributed by atoms with Crippen molar-refractivity contribution < 1.29 is 43.7 Å². The van der Waals surface area contributed by atoms with Crippen LogP contribution in [-0.2, 0) is 34.1 Å². The maximum absolute atomic E-state index is 11.7. The number of benzene rings is 1. The average molecular weight is 516 g/mol. The Bertz CT molecular complexity index is 1100. The second-order valence-electron chi connectivity index (χ2n) is 6.95. The van der Waals surface area contributed by atoms with Crippen molar-refractivity contribution in [3.05, 3.63) is 144 Å². The van der Waals surface area contributed by atoms with Crippen LogP contribution in [0.15, 0.2) is 127 Å². The molecule has 0 unspecified atom stereocenters. The predicted molar refractivity (Wildman–Crippen MR) is 127 cm³/mol. The van der Waals surface area contributed by atoms with Gasteiger partial charge in [0.2, 0.25) is 0 Å². The molecule has 0 saturated heterocycles. The summed E-state index contributed by atoms with van der Waals surface area (Å²) in [6.45, 7) is 1.56. The summed E-state index contributed by atoms with van der Waals surface area (Å²) in [4.78, 5) is 22.2. The fraction of sp³-hybridized carbons (Fsp3) is 0.0345. The van der Waals surface area contributed by atoms with E-state index in [-0.39, 0.29) is 45.7 Å². The van der Waals surface area contributed by atoms with Gasteiger partial charge in [0.15, 0.2) is 0 Å². The first-order valence-electron chi connectivity index (χ1n) is 10.1. The second-order valence-corrected chi connectivity index (χ2v) is 6.95.